The van der Waals surface area contributed by atoms with E-state index in [0.717, 1.165) is 24.5 Å². The van der Waals surface area contributed by atoms with Crippen molar-refractivity contribution in [1.29, 1.82) is 0 Å². The molecule has 0 unspecified atom stereocenters. The summed E-state index contributed by atoms with van der Waals surface area (Å²) in [5, 5.41) is 0. The van der Waals surface area contributed by atoms with Crippen LogP contribution in [-0.4, -0.2) is 24.5 Å². The summed E-state index contributed by atoms with van der Waals surface area (Å²) >= 11 is 1.80. The number of nitrogens with two attached hydrogens (primary N) is 1. The molecule has 1 rings (SSSR count). The summed E-state index contributed by atoms with van der Waals surface area (Å²) in [4.78, 5) is 5.49. The molecule has 84 valence electrons. The van der Waals surface area contributed by atoms with Crippen LogP contribution < -0.4 is 5.73 Å². The van der Waals surface area contributed by atoms with Crippen LogP contribution in [0.5, 0.6) is 0 Å². The molecule has 0 spiro atoms. The van der Waals surface area contributed by atoms with Gasteiger partial charge in [0, 0.05) is 36.6 Å². The molecule has 0 aliphatic carbocycles. The average molecular weight is 226 g/mol. The third-order valence-corrected chi connectivity index (χ3v) is 3.05. The molecule has 1 aromatic rings. The Morgan fingerprint density at radius 1 is 1.53 bits per heavy atom. The van der Waals surface area contributed by atoms with Gasteiger partial charge in [-0.15, -0.1) is 11.8 Å². The molecule has 0 aliphatic heterocycles. The molecule has 0 bridgehead atoms. The van der Waals surface area contributed by atoms with Gasteiger partial charge in [-0.1, -0.05) is 0 Å². The lowest BCUT2D eigenvalue weighted by Gasteiger charge is -2.05. The number of nitrogens with zero attached hydrogens (tertiary/aromatic N) is 1. The molecule has 0 saturated heterocycles. The number of methoxy groups -OCH3 is 1. The average Bonchev–Trinajstić information content (AvgIpc) is 2.25. The van der Waals surface area contributed by atoms with Gasteiger partial charge in [-0.2, -0.15) is 0 Å². The van der Waals surface area contributed by atoms with E-state index >= 15 is 0 Å². The molecule has 1 atom stereocenters. The van der Waals surface area contributed by atoms with Crippen LogP contribution in [0.4, 0.5) is 0 Å². The van der Waals surface area contributed by atoms with E-state index in [2.05, 4.69) is 11.1 Å². The van der Waals surface area contributed by atoms with E-state index in [1.165, 1.54) is 4.90 Å². The fraction of sp³-hybridized carbons (Fsp3) is 0.545. The number of pyridine rings is 1. The summed E-state index contributed by atoms with van der Waals surface area (Å²) in [7, 11) is 1.73. The largest absolute Gasteiger partial charge is 0.385 e. The van der Waals surface area contributed by atoms with E-state index in [1.54, 1.807) is 18.9 Å². The molecule has 3 nitrogen and oxygen atoms in total. The third-order valence-electron chi connectivity index (χ3n) is 1.99. The fourth-order valence-electron chi connectivity index (χ4n) is 1.14. The van der Waals surface area contributed by atoms with E-state index < -0.39 is 0 Å². The van der Waals surface area contributed by atoms with Crippen LogP contribution in [0.3, 0.4) is 0 Å². The number of hydrogen-bond donors (Lipinski definition) is 1. The van der Waals surface area contributed by atoms with Gasteiger partial charge in [0.1, 0.15) is 0 Å². The Hall–Kier alpha value is -0.580. The smallest absolute Gasteiger partial charge is 0.0569 e. The normalized spacial score (nSPS) is 12.7. The van der Waals surface area contributed by atoms with Crippen LogP contribution in [0.2, 0.25) is 0 Å². The molecule has 15 heavy (non-hydrogen) atoms. The molecule has 2 N–H and O–H groups in total. The maximum absolute atomic E-state index is 5.72. The maximum Gasteiger partial charge on any atom is 0.0569 e. The maximum atomic E-state index is 5.72. The van der Waals surface area contributed by atoms with Crippen molar-refractivity contribution in [3.05, 3.63) is 24.0 Å². The summed E-state index contributed by atoms with van der Waals surface area (Å²) in [5.74, 6) is 1.06. The van der Waals surface area contributed by atoms with Gasteiger partial charge in [-0.05, 0) is 25.5 Å². The molecule has 1 heterocycles. The SMILES string of the molecule is COCCCSc1ccc([C@H](C)N)nc1. The Balaban J connectivity index is 2.36. The second-order valence-electron chi connectivity index (χ2n) is 3.40. The Labute approximate surface area is 95.4 Å². The lowest BCUT2D eigenvalue weighted by atomic mass is 10.2. The Morgan fingerprint density at radius 2 is 2.33 bits per heavy atom. The monoisotopic (exact) mass is 226 g/mol. The number of aromatic nitrogens is 1. The first kappa shape index (κ1) is 12.5. The zero-order chi connectivity index (χ0) is 11.1. The van der Waals surface area contributed by atoms with Gasteiger partial charge in [-0.3, -0.25) is 4.98 Å². The molecular weight excluding hydrogens is 208 g/mol. The molecule has 0 saturated carbocycles. The minimum Gasteiger partial charge on any atom is -0.385 e. The minimum absolute atomic E-state index is 0.0116. The molecule has 4 heteroatoms. The van der Waals surface area contributed by atoms with Gasteiger partial charge in [0.15, 0.2) is 0 Å². The van der Waals surface area contributed by atoms with Crippen molar-refractivity contribution in [3.63, 3.8) is 0 Å². The Kier molecular flexibility index (Phi) is 5.68. The topological polar surface area (TPSA) is 48.1 Å². The Bertz CT molecular complexity index is 274. The lowest BCUT2D eigenvalue weighted by molar-refractivity contribution is 0.200. The van der Waals surface area contributed by atoms with E-state index in [0.29, 0.717) is 0 Å². The first-order valence-electron chi connectivity index (χ1n) is 5.07. The van der Waals surface area contributed by atoms with Gasteiger partial charge in [-0.25, -0.2) is 0 Å². The number of thioether (sulfide) groups is 1. The van der Waals surface area contributed by atoms with Crippen LogP contribution >= 0.6 is 11.8 Å². The molecular formula is C11H18N2OS. The lowest BCUT2D eigenvalue weighted by Crippen LogP contribution is -2.06. The van der Waals surface area contributed by atoms with Crippen molar-refractivity contribution >= 4 is 11.8 Å². The van der Waals surface area contributed by atoms with E-state index in [9.17, 15) is 0 Å². The minimum atomic E-state index is 0.0116. The molecule has 0 radical (unpaired) electrons. The van der Waals surface area contributed by atoms with E-state index in [1.807, 2.05) is 19.2 Å². The van der Waals surface area contributed by atoms with Gasteiger partial charge in [0.2, 0.25) is 0 Å². The number of hydrogen-bond acceptors (Lipinski definition) is 4. The second kappa shape index (κ2) is 6.82. The van der Waals surface area contributed by atoms with Crippen LogP contribution in [0, 0.1) is 0 Å². The van der Waals surface area contributed by atoms with Crippen molar-refractivity contribution < 1.29 is 4.74 Å². The van der Waals surface area contributed by atoms with Crippen LogP contribution in [0.25, 0.3) is 0 Å². The summed E-state index contributed by atoms with van der Waals surface area (Å²) in [5.41, 5.74) is 6.66. The zero-order valence-corrected chi connectivity index (χ0v) is 10.1. The molecule has 0 aliphatic rings. The third kappa shape index (κ3) is 4.64. The Morgan fingerprint density at radius 3 is 2.87 bits per heavy atom. The predicted octanol–water partition coefficient (Wildman–Crippen LogP) is 2.23. The highest BCUT2D eigenvalue weighted by molar-refractivity contribution is 7.99. The number of ether oxygens (including phenoxy) is 1. The predicted molar refractivity (Wildman–Crippen MR) is 64.1 cm³/mol. The van der Waals surface area contributed by atoms with Crippen LogP contribution in [0.1, 0.15) is 25.1 Å². The second-order valence-corrected chi connectivity index (χ2v) is 4.57. The first-order chi connectivity index (χ1) is 7.24. The van der Waals surface area contributed by atoms with Crippen molar-refractivity contribution in [2.45, 2.75) is 24.3 Å². The van der Waals surface area contributed by atoms with E-state index in [4.69, 9.17) is 10.5 Å². The summed E-state index contributed by atoms with van der Waals surface area (Å²) < 4.78 is 4.98. The standard InChI is InChI=1S/C11H18N2OS/c1-9(12)11-5-4-10(8-13-11)15-7-3-6-14-2/h4-5,8-9H,3,6-7,12H2,1-2H3/t9-/m0/s1. The van der Waals surface area contributed by atoms with Crippen LogP contribution in [0.15, 0.2) is 23.2 Å². The van der Waals surface area contributed by atoms with Gasteiger partial charge in [0.05, 0.1) is 5.69 Å². The highest BCUT2D eigenvalue weighted by atomic mass is 32.2. The quantitative estimate of drug-likeness (QED) is 0.597. The summed E-state index contributed by atoms with van der Waals surface area (Å²) in [6, 6.07) is 4.07. The summed E-state index contributed by atoms with van der Waals surface area (Å²) in [6.07, 6.45) is 2.95. The fourth-order valence-corrected chi connectivity index (χ4v) is 1.93. The van der Waals surface area contributed by atoms with Gasteiger partial charge < -0.3 is 10.5 Å². The van der Waals surface area contributed by atoms with Gasteiger partial charge >= 0.3 is 0 Å². The van der Waals surface area contributed by atoms with Gasteiger partial charge in [0.25, 0.3) is 0 Å². The van der Waals surface area contributed by atoms with Crippen LogP contribution in [-0.2, 0) is 4.74 Å². The molecule has 1 aromatic heterocycles. The van der Waals surface area contributed by atoms with E-state index in [-0.39, 0.29) is 6.04 Å². The van der Waals surface area contributed by atoms with Crippen molar-refractivity contribution in [1.82, 2.24) is 4.98 Å². The van der Waals surface area contributed by atoms with Crippen molar-refractivity contribution in [3.8, 4) is 0 Å². The van der Waals surface area contributed by atoms with Crippen molar-refractivity contribution in [2.24, 2.45) is 5.73 Å². The molecule has 0 fully saturated rings. The summed E-state index contributed by atoms with van der Waals surface area (Å²) in [6.45, 7) is 2.76. The first-order valence-corrected chi connectivity index (χ1v) is 6.06. The zero-order valence-electron chi connectivity index (χ0n) is 9.27. The molecule has 0 aromatic carbocycles. The molecule has 0 amide bonds. The highest BCUT2D eigenvalue weighted by Crippen LogP contribution is 2.18. The number of rotatable bonds is 6. The highest BCUT2D eigenvalue weighted by Gasteiger charge is 2.00. The van der Waals surface area contributed by atoms with Crippen molar-refractivity contribution in [2.75, 3.05) is 19.5 Å².